The van der Waals surface area contributed by atoms with Crippen LogP contribution in [0.15, 0.2) is 34.2 Å². The molecule has 5 nitrogen and oxygen atoms in total. The lowest BCUT2D eigenvalue weighted by Gasteiger charge is -2.17. The number of aryl methyl sites for hydroxylation is 3. The summed E-state index contributed by atoms with van der Waals surface area (Å²) in [6.45, 7) is 7.84. The Morgan fingerprint density at radius 1 is 1.29 bits per heavy atom. The van der Waals surface area contributed by atoms with E-state index in [1.807, 2.05) is 45.9 Å². The van der Waals surface area contributed by atoms with Gasteiger partial charge in [0.25, 0.3) is 5.56 Å². The molecule has 0 spiro atoms. The number of hydrogen-bond donors (Lipinski definition) is 2. The second kappa shape index (κ2) is 8.15. The van der Waals surface area contributed by atoms with Crippen molar-refractivity contribution in [1.29, 1.82) is 0 Å². The molecule has 24 heavy (non-hydrogen) atoms. The summed E-state index contributed by atoms with van der Waals surface area (Å²) in [6, 6.07) is 7.40. The Kier molecular flexibility index (Phi) is 6.20. The predicted molar refractivity (Wildman–Crippen MR) is 98.7 cm³/mol. The number of para-hydroxylation sites is 1. The summed E-state index contributed by atoms with van der Waals surface area (Å²) < 4.78 is 0. The fourth-order valence-electron chi connectivity index (χ4n) is 2.39. The lowest BCUT2D eigenvalue weighted by Crippen LogP contribution is -2.26. The molecule has 0 aliphatic rings. The van der Waals surface area contributed by atoms with Gasteiger partial charge in [0, 0.05) is 17.4 Å². The highest BCUT2D eigenvalue weighted by Crippen LogP contribution is 2.25. The van der Waals surface area contributed by atoms with Crippen LogP contribution in [-0.2, 0) is 11.2 Å². The van der Waals surface area contributed by atoms with Gasteiger partial charge in [0.1, 0.15) is 0 Å². The van der Waals surface area contributed by atoms with Crippen LogP contribution in [0, 0.1) is 13.8 Å². The highest BCUT2D eigenvalue weighted by atomic mass is 32.2. The maximum Gasteiger partial charge on any atom is 0.251 e. The van der Waals surface area contributed by atoms with E-state index in [2.05, 4.69) is 15.3 Å². The molecule has 1 unspecified atom stereocenters. The van der Waals surface area contributed by atoms with E-state index >= 15 is 0 Å². The van der Waals surface area contributed by atoms with Gasteiger partial charge in [-0.25, -0.2) is 4.98 Å². The summed E-state index contributed by atoms with van der Waals surface area (Å²) in [7, 11) is 0. The molecule has 2 N–H and O–H groups in total. The van der Waals surface area contributed by atoms with Gasteiger partial charge in [-0.15, -0.1) is 0 Å². The number of hydrogen-bond acceptors (Lipinski definition) is 4. The Balaban J connectivity index is 2.18. The summed E-state index contributed by atoms with van der Waals surface area (Å²) in [5.74, 6) is -0.0792. The molecule has 0 saturated heterocycles. The number of nitrogens with one attached hydrogen (secondary N) is 2. The van der Waals surface area contributed by atoms with Crippen molar-refractivity contribution in [3.05, 3.63) is 51.4 Å². The van der Waals surface area contributed by atoms with Gasteiger partial charge < -0.3 is 10.3 Å². The van der Waals surface area contributed by atoms with E-state index in [4.69, 9.17) is 0 Å². The van der Waals surface area contributed by atoms with Gasteiger partial charge >= 0.3 is 0 Å². The van der Waals surface area contributed by atoms with E-state index in [9.17, 15) is 9.59 Å². The van der Waals surface area contributed by atoms with Crippen LogP contribution in [-0.4, -0.2) is 21.1 Å². The molecule has 2 rings (SSSR count). The van der Waals surface area contributed by atoms with Gasteiger partial charge in [0.05, 0.1) is 5.25 Å². The topological polar surface area (TPSA) is 74.8 Å². The van der Waals surface area contributed by atoms with Gasteiger partial charge in [0.2, 0.25) is 5.91 Å². The van der Waals surface area contributed by atoms with E-state index in [1.54, 1.807) is 0 Å². The van der Waals surface area contributed by atoms with E-state index in [0.29, 0.717) is 18.0 Å². The number of aromatic amines is 1. The fourth-order valence-corrected chi connectivity index (χ4v) is 3.32. The van der Waals surface area contributed by atoms with Gasteiger partial charge in [-0.05, 0) is 37.8 Å². The molecule has 0 saturated carbocycles. The standard InChI is InChI=1S/C18H23N3O2S/c1-5-13-10-15(22)20-18(19-13)24-14(6-2)17(23)21-16-11(3)8-7-9-12(16)4/h7-10,14H,5-6H2,1-4H3,(H,21,23)(H,19,20,22). The Hall–Kier alpha value is -2.08. The molecule has 1 heterocycles. The van der Waals surface area contributed by atoms with Crippen molar-refractivity contribution in [2.45, 2.75) is 50.9 Å². The molecule has 1 amide bonds. The number of aromatic nitrogens is 2. The second-order valence-electron chi connectivity index (χ2n) is 5.67. The minimum Gasteiger partial charge on any atom is -0.325 e. The zero-order chi connectivity index (χ0) is 17.7. The first-order valence-electron chi connectivity index (χ1n) is 8.08. The van der Waals surface area contributed by atoms with Crippen molar-refractivity contribution in [3.63, 3.8) is 0 Å². The fraction of sp³-hybridized carbons (Fsp3) is 0.389. The van der Waals surface area contributed by atoms with Crippen molar-refractivity contribution < 1.29 is 4.79 Å². The van der Waals surface area contributed by atoms with Gasteiger partial charge in [-0.1, -0.05) is 43.8 Å². The molecule has 1 atom stereocenters. The van der Waals surface area contributed by atoms with Crippen molar-refractivity contribution in [3.8, 4) is 0 Å². The summed E-state index contributed by atoms with van der Waals surface area (Å²) >= 11 is 1.29. The van der Waals surface area contributed by atoms with Crippen LogP contribution in [0.5, 0.6) is 0 Å². The van der Waals surface area contributed by atoms with Crippen LogP contribution in [0.4, 0.5) is 5.69 Å². The maximum atomic E-state index is 12.6. The average molecular weight is 345 g/mol. The Bertz CT molecular complexity index is 766. The minimum absolute atomic E-state index is 0.0792. The Morgan fingerprint density at radius 2 is 1.96 bits per heavy atom. The summed E-state index contributed by atoms with van der Waals surface area (Å²) in [4.78, 5) is 31.4. The number of carbonyl (C=O) groups is 1. The highest BCUT2D eigenvalue weighted by molar-refractivity contribution is 8.00. The van der Waals surface area contributed by atoms with Crippen LogP contribution in [0.3, 0.4) is 0 Å². The highest BCUT2D eigenvalue weighted by Gasteiger charge is 2.20. The Labute approximate surface area is 146 Å². The molecule has 0 bridgehead atoms. The molecule has 2 aromatic rings. The van der Waals surface area contributed by atoms with Gasteiger partial charge in [0.15, 0.2) is 5.16 Å². The molecule has 1 aromatic carbocycles. The van der Waals surface area contributed by atoms with E-state index in [-0.39, 0.29) is 16.7 Å². The van der Waals surface area contributed by atoms with Crippen molar-refractivity contribution >= 4 is 23.4 Å². The third kappa shape index (κ3) is 4.47. The number of anilines is 1. The summed E-state index contributed by atoms with van der Waals surface area (Å²) in [6.07, 6.45) is 1.32. The van der Waals surface area contributed by atoms with Crippen molar-refractivity contribution in [2.75, 3.05) is 5.32 Å². The SMILES string of the molecule is CCc1cc(=O)[nH]c(SC(CC)C(=O)Nc2c(C)cccc2C)n1. The molecule has 1 aromatic heterocycles. The lowest BCUT2D eigenvalue weighted by molar-refractivity contribution is -0.115. The first kappa shape index (κ1) is 18.3. The quantitative estimate of drug-likeness (QED) is 0.621. The normalized spacial score (nSPS) is 12.0. The zero-order valence-corrected chi connectivity index (χ0v) is 15.3. The largest absolute Gasteiger partial charge is 0.325 e. The van der Waals surface area contributed by atoms with Crippen LogP contribution >= 0.6 is 11.8 Å². The van der Waals surface area contributed by atoms with Crippen LogP contribution < -0.4 is 10.9 Å². The molecule has 0 radical (unpaired) electrons. The number of benzene rings is 1. The molecule has 0 fully saturated rings. The molecular formula is C18H23N3O2S. The average Bonchev–Trinajstić information content (AvgIpc) is 2.55. The monoisotopic (exact) mass is 345 g/mol. The molecule has 128 valence electrons. The third-order valence-electron chi connectivity index (χ3n) is 3.78. The van der Waals surface area contributed by atoms with E-state index in [0.717, 1.165) is 22.5 Å². The third-order valence-corrected chi connectivity index (χ3v) is 5.03. The van der Waals surface area contributed by atoms with Gasteiger partial charge in [-0.2, -0.15) is 0 Å². The van der Waals surface area contributed by atoms with Crippen LogP contribution in [0.1, 0.15) is 37.1 Å². The van der Waals surface area contributed by atoms with E-state index in [1.165, 1.54) is 17.8 Å². The molecule has 0 aliphatic carbocycles. The lowest BCUT2D eigenvalue weighted by atomic mass is 10.1. The number of thioether (sulfide) groups is 1. The molecular weight excluding hydrogens is 322 g/mol. The minimum atomic E-state index is -0.320. The van der Waals surface area contributed by atoms with Crippen molar-refractivity contribution in [1.82, 2.24) is 9.97 Å². The van der Waals surface area contributed by atoms with Gasteiger partial charge in [-0.3, -0.25) is 9.59 Å². The first-order valence-corrected chi connectivity index (χ1v) is 8.96. The second-order valence-corrected chi connectivity index (χ2v) is 6.86. The van der Waals surface area contributed by atoms with Crippen LogP contribution in [0.2, 0.25) is 0 Å². The number of carbonyl (C=O) groups excluding carboxylic acids is 1. The molecule has 6 heteroatoms. The zero-order valence-electron chi connectivity index (χ0n) is 14.5. The predicted octanol–water partition coefficient (Wildman–Crippen LogP) is 3.46. The van der Waals surface area contributed by atoms with Crippen molar-refractivity contribution in [2.24, 2.45) is 0 Å². The van der Waals surface area contributed by atoms with Crippen LogP contribution in [0.25, 0.3) is 0 Å². The summed E-state index contributed by atoms with van der Waals surface area (Å²) in [5.41, 5.74) is 3.45. The number of amides is 1. The Morgan fingerprint density at radius 3 is 2.54 bits per heavy atom. The molecule has 0 aliphatic heterocycles. The smallest absolute Gasteiger partial charge is 0.251 e. The first-order chi connectivity index (χ1) is 11.4. The number of nitrogens with zero attached hydrogens (tertiary/aromatic N) is 1. The van der Waals surface area contributed by atoms with E-state index < -0.39 is 0 Å². The maximum absolute atomic E-state index is 12.6. The number of H-pyrrole nitrogens is 1. The summed E-state index contributed by atoms with van der Waals surface area (Å²) in [5, 5.41) is 3.18. The number of rotatable bonds is 6.